The fourth-order valence-electron chi connectivity index (χ4n) is 3.89. The average Bonchev–Trinajstić information content (AvgIpc) is 3.01. The summed E-state index contributed by atoms with van der Waals surface area (Å²) in [4.78, 5) is 30.6. The van der Waals surface area contributed by atoms with Crippen molar-refractivity contribution in [1.29, 1.82) is 0 Å². The molecular weight excluding hydrogens is 399 g/mol. The first-order chi connectivity index (χ1) is 14.1. The van der Waals surface area contributed by atoms with Crippen molar-refractivity contribution in [2.45, 2.75) is 20.0 Å². The number of quaternary nitrogens is 1. The number of ketones is 1. The molecular formula is C21H25F3N3O3+. The molecule has 0 unspecified atom stereocenters. The number of piperazine rings is 1. The number of nitrogens with zero attached hydrogens (tertiary/aromatic N) is 1. The van der Waals surface area contributed by atoms with Gasteiger partial charge in [-0.25, -0.2) is 4.79 Å². The molecule has 2 heterocycles. The minimum Gasteiger partial charge on any atom is -0.465 e. The Kier molecular flexibility index (Phi) is 6.21. The van der Waals surface area contributed by atoms with E-state index in [1.807, 2.05) is 4.90 Å². The van der Waals surface area contributed by atoms with Gasteiger partial charge in [-0.05, 0) is 37.6 Å². The van der Waals surface area contributed by atoms with Crippen molar-refractivity contribution < 1.29 is 32.4 Å². The largest absolute Gasteiger partial charge is 0.465 e. The van der Waals surface area contributed by atoms with Crippen LogP contribution in [0.3, 0.4) is 0 Å². The fraction of sp³-hybridized carbons (Fsp3) is 0.429. The molecule has 1 fully saturated rings. The zero-order valence-electron chi connectivity index (χ0n) is 17.2. The molecule has 1 saturated heterocycles. The van der Waals surface area contributed by atoms with Gasteiger partial charge in [0.05, 0.1) is 50.1 Å². The van der Waals surface area contributed by atoms with E-state index < -0.39 is 17.7 Å². The number of aromatic nitrogens is 1. The monoisotopic (exact) mass is 424 g/mol. The van der Waals surface area contributed by atoms with E-state index in [4.69, 9.17) is 4.74 Å². The molecule has 2 aromatic rings. The lowest BCUT2D eigenvalue weighted by atomic mass is 10.1. The Balaban J connectivity index is 1.63. The number of esters is 1. The van der Waals surface area contributed by atoms with Gasteiger partial charge in [-0.1, -0.05) is 6.07 Å². The number of hydrogen-bond donors (Lipinski definition) is 2. The van der Waals surface area contributed by atoms with Crippen LogP contribution in [-0.2, 0) is 10.9 Å². The van der Waals surface area contributed by atoms with Crippen molar-refractivity contribution >= 4 is 17.4 Å². The van der Waals surface area contributed by atoms with Crippen LogP contribution >= 0.6 is 0 Å². The van der Waals surface area contributed by atoms with E-state index in [0.717, 1.165) is 17.0 Å². The smallest absolute Gasteiger partial charge is 0.416 e. The number of nitrogens with one attached hydrogen (secondary N) is 2. The van der Waals surface area contributed by atoms with Crippen LogP contribution in [0.25, 0.3) is 0 Å². The molecule has 6 nitrogen and oxygen atoms in total. The molecule has 0 aliphatic carbocycles. The molecule has 1 aliphatic rings. The van der Waals surface area contributed by atoms with E-state index in [1.165, 1.54) is 13.2 Å². The van der Waals surface area contributed by atoms with Gasteiger partial charge in [-0.2, -0.15) is 13.2 Å². The van der Waals surface area contributed by atoms with Gasteiger partial charge in [-0.3, -0.25) is 4.79 Å². The van der Waals surface area contributed by atoms with E-state index >= 15 is 0 Å². The van der Waals surface area contributed by atoms with Gasteiger partial charge >= 0.3 is 12.1 Å². The number of halogens is 3. The number of H-pyrrole nitrogens is 1. The topological polar surface area (TPSA) is 66.8 Å². The summed E-state index contributed by atoms with van der Waals surface area (Å²) in [5.41, 5.74) is 1.82. The van der Waals surface area contributed by atoms with Crippen molar-refractivity contribution in [3.8, 4) is 0 Å². The Hall–Kier alpha value is -2.81. The minimum absolute atomic E-state index is 0.103. The molecule has 0 atom stereocenters. The van der Waals surface area contributed by atoms with Crippen LogP contribution in [0.2, 0.25) is 0 Å². The Labute approximate surface area is 172 Å². The van der Waals surface area contributed by atoms with E-state index in [1.54, 1.807) is 19.9 Å². The molecule has 0 amide bonds. The number of anilines is 1. The van der Waals surface area contributed by atoms with Crippen LogP contribution in [0.1, 0.15) is 37.7 Å². The third kappa shape index (κ3) is 4.51. The average molecular weight is 424 g/mol. The first kappa shape index (κ1) is 21.9. The Bertz CT molecular complexity index is 945. The first-order valence-corrected chi connectivity index (χ1v) is 9.68. The summed E-state index contributed by atoms with van der Waals surface area (Å²) in [6.45, 7) is 6.05. The highest BCUT2D eigenvalue weighted by molar-refractivity contribution is 6.01. The third-order valence-electron chi connectivity index (χ3n) is 5.53. The molecule has 3 rings (SSSR count). The highest BCUT2D eigenvalue weighted by atomic mass is 19.4. The Morgan fingerprint density at radius 1 is 1.20 bits per heavy atom. The maximum Gasteiger partial charge on any atom is 0.416 e. The van der Waals surface area contributed by atoms with Crippen molar-refractivity contribution in [3.63, 3.8) is 0 Å². The number of hydrogen-bond acceptors (Lipinski definition) is 4. The summed E-state index contributed by atoms with van der Waals surface area (Å²) in [6.07, 6.45) is -4.37. The van der Waals surface area contributed by atoms with Gasteiger partial charge in [0.2, 0.25) is 5.78 Å². The van der Waals surface area contributed by atoms with Crippen molar-refractivity contribution in [1.82, 2.24) is 4.98 Å². The molecule has 9 heteroatoms. The Morgan fingerprint density at radius 2 is 1.87 bits per heavy atom. The van der Waals surface area contributed by atoms with Gasteiger partial charge in [0.1, 0.15) is 6.54 Å². The van der Waals surface area contributed by atoms with Gasteiger partial charge in [0, 0.05) is 11.4 Å². The zero-order chi connectivity index (χ0) is 22.1. The fourth-order valence-corrected chi connectivity index (χ4v) is 3.89. The number of aromatic amines is 1. The highest BCUT2D eigenvalue weighted by Crippen LogP contribution is 2.31. The highest BCUT2D eigenvalue weighted by Gasteiger charge is 2.32. The van der Waals surface area contributed by atoms with Crippen molar-refractivity contribution in [3.05, 3.63) is 52.3 Å². The summed E-state index contributed by atoms with van der Waals surface area (Å²) >= 11 is 0. The van der Waals surface area contributed by atoms with E-state index in [2.05, 4.69) is 4.98 Å². The molecule has 0 bridgehead atoms. The second kappa shape index (κ2) is 8.51. The molecule has 2 N–H and O–H groups in total. The number of benzene rings is 1. The maximum atomic E-state index is 12.9. The molecule has 0 spiro atoms. The molecule has 30 heavy (non-hydrogen) atoms. The summed E-state index contributed by atoms with van der Waals surface area (Å²) in [6, 6.07) is 5.31. The van der Waals surface area contributed by atoms with E-state index in [-0.39, 0.29) is 12.3 Å². The number of carbonyl (C=O) groups is 2. The standard InChI is InChI=1S/C21H24F3N3O3/c1-13-18(20(29)30-3)14(2)25-19(13)17(28)12-26-7-9-27(10-8-26)16-6-4-5-15(11-16)21(22,23)24/h4-6,11,25H,7-10,12H2,1-3H3/p+1. The van der Waals surface area contributed by atoms with Crippen LogP contribution < -0.4 is 9.80 Å². The van der Waals surface area contributed by atoms with Crippen LogP contribution in [0.5, 0.6) is 0 Å². The Morgan fingerprint density at radius 3 is 2.47 bits per heavy atom. The van der Waals surface area contributed by atoms with Crippen LogP contribution in [0.4, 0.5) is 18.9 Å². The zero-order valence-corrected chi connectivity index (χ0v) is 17.2. The number of alkyl halides is 3. The molecule has 1 aromatic carbocycles. The van der Waals surface area contributed by atoms with Gasteiger partial charge in [0.15, 0.2) is 0 Å². The van der Waals surface area contributed by atoms with Crippen molar-refractivity contribution in [2.24, 2.45) is 0 Å². The SMILES string of the molecule is COC(=O)c1c(C)[nH]c(C(=O)C[NH+]2CCN(c3cccc(C(F)(F)F)c3)CC2)c1C. The van der Waals surface area contributed by atoms with Crippen LogP contribution in [0, 0.1) is 13.8 Å². The second-order valence-corrected chi connectivity index (χ2v) is 7.50. The molecule has 1 aromatic heterocycles. The molecule has 1 aliphatic heterocycles. The number of aryl methyl sites for hydroxylation is 1. The summed E-state index contributed by atoms with van der Waals surface area (Å²) in [5.74, 6) is -0.587. The van der Waals surface area contributed by atoms with Gasteiger partial charge in [-0.15, -0.1) is 0 Å². The van der Waals surface area contributed by atoms with E-state index in [0.29, 0.717) is 54.4 Å². The lowest BCUT2D eigenvalue weighted by Gasteiger charge is -2.33. The second-order valence-electron chi connectivity index (χ2n) is 7.50. The van der Waals surface area contributed by atoms with Crippen LogP contribution in [-0.4, -0.2) is 56.6 Å². The quantitative estimate of drug-likeness (QED) is 0.570. The molecule has 162 valence electrons. The maximum absolute atomic E-state index is 12.9. The minimum atomic E-state index is -4.37. The molecule has 0 saturated carbocycles. The van der Waals surface area contributed by atoms with E-state index in [9.17, 15) is 22.8 Å². The lowest BCUT2D eigenvalue weighted by molar-refractivity contribution is -0.892. The number of ether oxygens (including phenoxy) is 1. The number of Topliss-reactive ketones (excluding diaryl/α,β-unsaturated/α-hetero) is 1. The third-order valence-corrected chi connectivity index (χ3v) is 5.53. The number of rotatable bonds is 5. The predicted octanol–water partition coefficient (Wildman–Crippen LogP) is 2.02. The predicted molar refractivity (Wildman–Crippen MR) is 105 cm³/mol. The van der Waals surface area contributed by atoms with Gasteiger partial charge < -0.3 is 19.5 Å². The number of carbonyl (C=O) groups excluding carboxylic acids is 2. The molecule has 0 radical (unpaired) electrons. The van der Waals surface area contributed by atoms with Crippen LogP contribution in [0.15, 0.2) is 24.3 Å². The summed E-state index contributed by atoms with van der Waals surface area (Å²) < 4.78 is 43.6. The summed E-state index contributed by atoms with van der Waals surface area (Å²) in [5, 5.41) is 0. The normalized spacial score (nSPS) is 15.3. The summed E-state index contributed by atoms with van der Waals surface area (Å²) in [7, 11) is 1.30. The van der Waals surface area contributed by atoms with Crippen molar-refractivity contribution in [2.75, 3.05) is 44.7 Å². The lowest BCUT2D eigenvalue weighted by Crippen LogP contribution is -3.15. The van der Waals surface area contributed by atoms with Gasteiger partial charge in [0.25, 0.3) is 0 Å². The first-order valence-electron chi connectivity index (χ1n) is 9.68. The number of methoxy groups -OCH3 is 1.